The minimum absolute atomic E-state index is 0.0347. The molecule has 1 aliphatic rings. The Morgan fingerprint density at radius 3 is 2.57 bits per heavy atom. The number of hydrogen-bond donors (Lipinski definition) is 1. The molecule has 3 heterocycles. The maximum atomic E-state index is 13.9. The summed E-state index contributed by atoms with van der Waals surface area (Å²) in [6, 6.07) is 9.33. The Kier molecular flexibility index (Phi) is 4.97. The fourth-order valence-corrected chi connectivity index (χ4v) is 3.50. The first-order chi connectivity index (χ1) is 13.6. The number of halogens is 1. The third-order valence-corrected chi connectivity index (χ3v) is 4.96. The van der Waals surface area contributed by atoms with Gasteiger partial charge in [-0.25, -0.2) is 4.39 Å². The second-order valence-corrected chi connectivity index (χ2v) is 6.80. The lowest BCUT2D eigenvalue weighted by molar-refractivity contribution is 0.0698. The molecule has 0 saturated carbocycles. The zero-order valence-corrected chi connectivity index (χ0v) is 15.1. The number of aromatic nitrogens is 2. The van der Waals surface area contributed by atoms with Gasteiger partial charge in [0, 0.05) is 48.7 Å². The number of nitrogens with zero attached hydrogens (tertiary/aromatic N) is 3. The molecule has 0 atom stereocenters. The third-order valence-electron chi connectivity index (χ3n) is 4.96. The largest absolute Gasteiger partial charge is 0.349 e. The van der Waals surface area contributed by atoms with Gasteiger partial charge in [0.25, 0.3) is 11.8 Å². The van der Waals surface area contributed by atoms with Gasteiger partial charge in [-0.05, 0) is 43.2 Å². The van der Waals surface area contributed by atoms with E-state index in [1.807, 2.05) is 0 Å². The highest BCUT2D eigenvalue weighted by molar-refractivity contribution is 6.05. The van der Waals surface area contributed by atoms with E-state index in [9.17, 15) is 14.0 Å². The van der Waals surface area contributed by atoms with Crippen molar-refractivity contribution in [2.45, 2.75) is 18.9 Å². The van der Waals surface area contributed by atoms with Gasteiger partial charge >= 0.3 is 0 Å². The zero-order valence-electron chi connectivity index (χ0n) is 15.1. The van der Waals surface area contributed by atoms with Crippen LogP contribution in [0.4, 0.5) is 4.39 Å². The third kappa shape index (κ3) is 3.69. The molecule has 1 aromatic carbocycles. The summed E-state index contributed by atoms with van der Waals surface area (Å²) in [5.74, 6) is -0.849. The Labute approximate surface area is 161 Å². The topological polar surface area (TPSA) is 75.2 Å². The van der Waals surface area contributed by atoms with Crippen LogP contribution >= 0.6 is 0 Å². The summed E-state index contributed by atoms with van der Waals surface area (Å²) in [5, 5.41) is 3.55. The molecule has 7 heteroatoms. The molecule has 4 rings (SSSR count). The summed E-state index contributed by atoms with van der Waals surface area (Å²) in [6.45, 7) is 1.10. The number of carbonyl (C=O) groups is 2. The van der Waals surface area contributed by atoms with Gasteiger partial charge in [0.1, 0.15) is 5.82 Å². The summed E-state index contributed by atoms with van der Waals surface area (Å²) >= 11 is 0. The molecule has 142 valence electrons. The number of piperidine rings is 1. The number of pyridine rings is 2. The van der Waals surface area contributed by atoms with E-state index in [1.165, 1.54) is 12.1 Å². The number of hydrogen-bond acceptors (Lipinski definition) is 4. The lowest BCUT2D eigenvalue weighted by Gasteiger charge is -2.32. The maximum absolute atomic E-state index is 13.9. The van der Waals surface area contributed by atoms with E-state index in [1.54, 1.807) is 47.8 Å². The Balaban J connectivity index is 1.42. The van der Waals surface area contributed by atoms with Crippen LogP contribution in [0.15, 0.2) is 55.0 Å². The van der Waals surface area contributed by atoms with Crippen LogP contribution in [0.2, 0.25) is 0 Å². The highest BCUT2D eigenvalue weighted by atomic mass is 19.1. The van der Waals surface area contributed by atoms with Gasteiger partial charge in [-0.1, -0.05) is 6.07 Å². The van der Waals surface area contributed by atoms with Crippen LogP contribution in [-0.2, 0) is 0 Å². The Morgan fingerprint density at radius 2 is 1.82 bits per heavy atom. The zero-order chi connectivity index (χ0) is 19.5. The number of nitrogens with one attached hydrogen (secondary N) is 1. The highest BCUT2D eigenvalue weighted by Crippen LogP contribution is 2.20. The SMILES string of the molecule is O=C(NC1CCN(C(=O)c2ccncc2)CC1)c1cc(F)cc2cccnc12. The molecule has 0 radical (unpaired) electrons. The first-order valence-electron chi connectivity index (χ1n) is 9.16. The average Bonchev–Trinajstić information content (AvgIpc) is 2.73. The van der Waals surface area contributed by atoms with Crippen LogP contribution in [0.3, 0.4) is 0 Å². The molecule has 1 saturated heterocycles. The minimum atomic E-state index is -0.469. The maximum Gasteiger partial charge on any atom is 0.253 e. The number of rotatable bonds is 3. The van der Waals surface area contributed by atoms with Crippen molar-refractivity contribution < 1.29 is 14.0 Å². The van der Waals surface area contributed by atoms with Crippen molar-refractivity contribution in [2.24, 2.45) is 0 Å². The fourth-order valence-electron chi connectivity index (χ4n) is 3.50. The van der Waals surface area contributed by atoms with Crippen LogP contribution in [0.5, 0.6) is 0 Å². The minimum Gasteiger partial charge on any atom is -0.349 e. The van der Waals surface area contributed by atoms with Gasteiger partial charge in [-0.15, -0.1) is 0 Å². The van der Waals surface area contributed by atoms with Gasteiger partial charge in [0.2, 0.25) is 0 Å². The molecule has 1 aliphatic heterocycles. The molecular formula is C21H19FN4O2. The Hall–Kier alpha value is -3.35. The Bertz CT molecular complexity index is 1020. The van der Waals surface area contributed by atoms with E-state index in [4.69, 9.17) is 0 Å². The second kappa shape index (κ2) is 7.72. The number of carbonyl (C=O) groups excluding carboxylic acids is 2. The van der Waals surface area contributed by atoms with Crippen molar-refractivity contribution in [1.29, 1.82) is 0 Å². The summed E-state index contributed by atoms with van der Waals surface area (Å²) in [4.78, 5) is 35.1. The summed E-state index contributed by atoms with van der Waals surface area (Å²) in [7, 11) is 0. The van der Waals surface area contributed by atoms with Crippen molar-refractivity contribution in [3.05, 3.63) is 71.9 Å². The molecule has 1 fully saturated rings. The van der Waals surface area contributed by atoms with E-state index in [0.717, 1.165) is 0 Å². The summed E-state index contributed by atoms with van der Waals surface area (Å²) in [5.41, 5.74) is 1.31. The van der Waals surface area contributed by atoms with E-state index in [0.29, 0.717) is 42.4 Å². The molecule has 28 heavy (non-hydrogen) atoms. The van der Waals surface area contributed by atoms with Gasteiger partial charge in [0.05, 0.1) is 11.1 Å². The van der Waals surface area contributed by atoms with Crippen molar-refractivity contribution in [3.8, 4) is 0 Å². The first-order valence-corrected chi connectivity index (χ1v) is 9.16. The van der Waals surface area contributed by atoms with Crippen molar-refractivity contribution in [3.63, 3.8) is 0 Å². The second-order valence-electron chi connectivity index (χ2n) is 6.80. The predicted molar refractivity (Wildman–Crippen MR) is 102 cm³/mol. The van der Waals surface area contributed by atoms with Crippen LogP contribution < -0.4 is 5.32 Å². The van der Waals surface area contributed by atoms with Crippen molar-refractivity contribution in [1.82, 2.24) is 20.2 Å². The first kappa shape index (κ1) is 18.0. The quantitative estimate of drug-likeness (QED) is 0.761. The van der Waals surface area contributed by atoms with Gasteiger partial charge in [-0.2, -0.15) is 0 Å². The molecule has 2 amide bonds. The van der Waals surface area contributed by atoms with Crippen LogP contribution in [0, 0.1) is 5.82 Å². The standard InChI is InChI=1S/C21H19FN4O2/c22-16-12-15-2-1-7-24-19(15)18(13-16)20(27)25-17-5-10-26(11-6-17)21(28)14-3-8-23-9-4-14/h1-4,7-9,12-13,17H,5-6,10-11H2,(H,25,27). The van der Waals surface area contributed by atoms with Gasteiger partial charge in [0.15, 0.2) is 0 Å². The molecule has 3 aromatic rings. The molecule has 0 aliphatic carbocycles. The summed E-state index contributed by atoms with van der Waals surface area (Å²) < 4.78 is 13.9. The number of benzene rings is 1. The number of amides is 2. The molecular weight excluding hydrogens is 359 g/mol. The Morgan fingerprint density at radius 1 is 1.07 bits per heavy atom. The molecule has 6 nitrogen and oxygen atoms in total. The van der Waals surface area contributed by atoms with E-state index < -0.39 is 5.82 Å². The smallest absolute Gasteiger partial charge is 0.253 e. The van der Waals surface area contributed by atoms with Gasteiger partial charge in [-0.3, -0.25) is 19.6 Å². The highest BCUT2D eigenvalue weighted by Gasteiger charge is 2.25. The van der Waals surface area contributed by atoms with E-state index >= 15 is 0 Å². The number of likely N-dealkylation sites (tertiary alicyclic amines) is 1. The number of fused-ring (bicyclic) bond motifs is 1. The van der Waals surface area contributed by atoms with Crippen LogP contribution in [0.1, 0.15) is 33.6 Å². The molecule has 0 spiro atoms. The van der Waals surface area contributed by atoms with Crippen molar-refractivity contribution >= 4 is 22.7 Å². The molecule has 0 bridgehead atoms. The van der Waals surface area contributed by atoms with Gasteiger partial charge < -0.3 is 10.2 Å². The average molecular weight is 378 g/mol. The lowest BCUT2D eigenvalue weighted by Crippen LogP contribution is -2.46. The van der Waals surface area contributed by atoms with Crippen LogP contribution in [0.25, 0.3) is 10.9 Å². The summed E-state index contributed by atoms with van der Waals surface area (Å²) in [6.07, 6.45) is 6.06. The van der Waals surface area contributed by atoms with Crippen LogP contribution in [-0.4, -0.2) is 45.8 Å². The molecule has 0 unspecified atom stereocenters. The monoisotopic (exact) mass is 378 g/mol. The van der Waals surface area contributed by atoms with E-state index in [-0.39, 0.29) is 23.4 Å². The predicted octanol–water partition coefficient (Wildman–Crippen LogP) is 2.80. The van der Waals surface area contributed by atoms with E-state index in [2.05, 4.69) is 15.3 Å². The van der Waals surface area contributed by atoms with Crippen molar-refractivity contribution in [2.75, 3.05) is 13.1 Å². The fraction of sp³-hybridized carbons (Fsp3) is 0.238. The lowest BCUT2D eigenvalue weighted by atomic mass is 10.0. The molecule has 2 aromatic heterocycles. The molecule has 1 N–H and O–H groups in total. The normalized spacial score (nSPS) is 14.8.